The molecule has 1 fully saturated rings. The van der Waals surface area contributed by atoms with Gasteiger partial charge in [0.15, 0.2) is 11.5 Å². The minimum atomic E-state index is -0.552. The number of carbonyl (C=O) groups is 3. The van der Waals surface area contributed by atoms with Gasteiger partial charge >= 0.3 is 0 Å². The molecule has 8 nitrogen and oxygen atoms in total. The summed E-state index contributed by atoms with van der Waals surface area (Å²) in [5, 5.41) is 2.15. The van der Waals surface area contributed by atoms with Crippen LogP contribution < -0.4 is 19.5 Å². The van der Waals surface area contributed by atoms with Gasteiger partial charge in [0.25, 0.3) is 11.1 Å². The van der Waals surface area contributed by atoms with Crippen LogP contribution in [0.5, 0.6) is 17.2 Å². The molecule has 9 heteroatoms. The molecule has 1 heterocycles. The average Bonchev–Trinajstić information content (AvgIpc) is 3.06. The standard InChI is InChI=1S/C24H24N2O6S/c1-4-13-32-22-16(7-6-8-19(22)30-3)14-20-23(28)26(24(29)33-20)15-21(27)25-17-9-11-18(12-10-17)31-5-2/h4,6-12,14H,1,5,13,15H2,2-3H3,(H,25,27)/b20-14-. The van der Waals surface area contributed by atoms with Crippen LogP contribution in [0.2, 0.25) is 0 Å². The minimum absolute atomic E-state index is 0.186. The molecule has 0 aliphatic carbocycles. The number of nitrogens with one attached hydrogen (secondary N) is 1. The van der Waals surface area contributed by atoms with Gasteiger partial charge < -0.3 is 19.5 Å². The van der Waals surface area contributed by atoms with Crippen molar-refractivity contribution in [1.29, 1.82) is 0 Å². The highest BCUT2D eigenvalue weighted by atomic mass is 32.2. The van der Waals surface area contributed by atoms with Crippen LogP contribution in [0.3, 0.4) is 0 Å². The molecule has 1 aliphatic heterocycles. The van der Waals surface area contributed by atoms with Gasteiger partial charge in [-0.25, -0.2) is 0 Å². The van der Waals surface area contributed by atoms with Gasteiger partial charge in [0, 0.05) is 11.3 Å². The zero-order valence-corrected chi connectivity index (χ0v) is 19.1. The number of ether oxygens (including phenoxy) is 3. The van der Waals surface area contributed by atoms with Crippen molar-refractivity contribution in [3.05, 3.63) is 65.6 Å². The zero-order valence-electron chi connectivity index (χ0n) is 18.3. The van der Waals surface area contributed by atoms with Crippen LogP contribution in [0.1, 0.15) is 12.5 Å². The number of imide groups is 1. The SMILES string of the molecule is C=CCOc1c(/C=C2\SC(=O)N(CC(=O)Nc3ccc(OCC)cc3)C2=O)cccc1OC. The number of amides is 3. The number of carbonyl (C=O) groups excluding carboxylic acids is 3. The van der Waals surface area contributed by atoms with E-state index in [-0.39, 0.29) is 11.5 Å². The molecule has 0 radical (unpaired) electrons. The number of hydrogen-bond donors (Lipinski definition) is 1. The lowest BCUT2D eigenvalue weighted by Crippen LogP contribution is -2.36. The van der Waals surface area contributed by atoms with Crippen LogP contribution in [0, 0.1) is 0 Å². The molecule has 33 heavy (non-hydrogen) atoms. The molecule has 3 amide bonds. The van der Waals surface area contributed by atoms with Gasteiger partial charge in [0.05, 0.1) is 18.6 Å². The first-order valence-corrected chi connectivity index (χ1v) is 11.0. The number of methoxy groups -OCH3 is 1. The first-order valence-electron chi connectivity index (χ1n) is 10.2. The van der Waals surface area contributed by atoms with Crippen molar-refractivity contribution >= 4 is 40.6 Å². The fourth-order valence-corrected chi connectivity index (χ4v) is 3.86. The van der Waals surface area contributed by atoms with Gasteiger partial charge in [-0.3, -0.25) is 19.3 Å². The van der Waals surface area contributed by atoms with Gasteiger partial charge in [-0.2, -0.15) is 0 Å². The fraction of sp³-hybridized carbons (Fsp3) is 0.208. The smallest absolute Gasteiger partial charge is 0.294 e. The molecule has 1 saturated heterocycles. The Morgan fingerprint density at radius 3 is 2.58 bits per heavy atom. The van der Waals surface area contributed by atoms with Crippen LogP contribution >= 0.6 is 11.8 Å². The highest BCUT2D eigenvalue weighted by molar-refractivity contribution is 8.18. The number of hydrogen-bond acceptors (Lipinski definition) is 7. The Bertz CT molecular complexity index is 1080. The normalized spacial score (nSPS) is 14.4. The summed E-state index contributed by atoms with van der Waals surface area (Å²) in [6, 6.07) is 12.0. The summed E-state index contributed by atoms with van der Waals surface area (Å²) in [4.78, 5) is 38.8. The largest absolute Gasteiger partial charge is 0.494 e. The van der Waals surface area contributed by atoms with E-state index in [9.17, 15) is 14.4 Å². The Hall–Kier alpha value is -3.72. The van der Waals surface area contributed by atoms with Gasteiger partial charge in [-0.1, -0.05) is 24.8 Å². The van der Waals surface area contributed by atoms with E-state index in [4.69, 9.17) is 14.2 Å². The Morgan fingerprint density at radius 1 is 1.15 bits per heavy atom. The summed E-state index contributed by atoms with van der Waals surface area (Å²) in [6.45, 7) is 5.90. The predicted molar refractivity (Wildman–Crippen MR) is 128 cm³/mol. The van der Waals surface area contributed by atoms with E-state index in [1.807, 2.05) is 6.92 Å². The van der Waals surface area contributed by atoms with Crippen molar-refractivity contribution in [1.82, 2.24) is 4.90 Å². The van der Waals surface area contributed by atoms with E-state index in [1.165, 1.54) is 7.11 Å². The third-order valence-electron chi connectivity index (χ3n) is 4.49. The maximum absolute atomic E-state index is 12.8. The van der Waals surface area contributed by atoms with Gasteiger partial charge in [-0.15, -0.1) is 0 Å². The molecule has 1 aliphatic rings. The van der Waals surface area contributed by atoms with Crippen LogP contribution in [0.25, 0.3) is 6.08 Å². The molecule has 172 valence electrons. The van der Waals surface area contributed by atoms with Crippen molar-refractivity contribution in [3.8, 4) is 17.2 Å². The second-order valence-corrected chi connectivity index (χ2v) is 7.74. The van der Waals surface area contributed by atoms with Crippen LogP contribution in [-0.4, -0.2) is 48.8 Å². The Morgan fingerprint density at radius 2 is 1.91 bits per heavy atom. The highest BCUT2D eigenvalue weighted by Crippen LogP contribution is 2.37. The Balaban J connectivity index is 1.72. The van der Waals surface area contributed by atoms with Crippen molar-refractivity contribution in [3.63, 3.8) is 0 Å². The molecule has 0 spiro atoms. The lowest BCUT2D eigenvalue weighted by atomic mass is 10.1. The molecule has 1 N–H and O–H groups in total. The lowest BCUT2D eigenvalue weighted by Gasteiger charge is -2.13. The minimum Gasteiger partial charge on any atom is -0.494 e. The van der Waals surface area contributed by atoms with E-state index < -0.39 is 23.6 Å². The summed E-state index contributed by atoms with van der Waals surface area (Å²) in [5.74, 6) is 0.559. The molecule has 0 atom stereocenters. The number of para-hydroxylation sites is 1. The Labute approximate surface area is 196 Å². The zero-order chi connectivity index (χ0) is 23.8. The number of anilines is 1. The molecule has 0 aromatic heterocycles. The highest BCUT2D eigenvalue weighted by Gasteiger charge is 2.36. The van der Waals surface area contributed by atoms with E-state index in [2.05, 4.69) is 11.9 Å². The number of nitrogens with zero attached hydrogens (tertiary/aromatic N) is 1. The Kier molecular flexibility index (Phi) is 8.15. The number of thioether (sulfide) groups is 1. The summed E-state index contributed by atoms with van der Waals surface area (Å²) < 4.78 is 16.4. The molecular weight excluding hydrogens is 444 g/mol. The topological polar surface area (TPSA) is 94.2 Å². The van der Waals surface area contributed by atoms with E-state index in [1.54, 1.807) is 54.6 Å². The fourth-order valence-electron chi connectivity index (χ4n) is 3.03. The van der Waals surface area contributed by atoms with Gasteiger partial charge in [-0.05, 0) is 55.1 Å². The van der Waals surface area contributed by atoms with E-state index in [0.29, 0.717) is 35.1 Å². The molecular formula is C24H24N2O6S. The molecule has 0 bridgehead atoms. The second kappa shape index (κ2) is 11.2. The number of rotatable bonds is 10. The van der Waals surface area contributed by atoms with Gasteiger partial charge in [0.2, 0.25) is 5.91 Å². The maximum atomic E-state index is 12.8. The van der Waals surface area contributed by atoms with Crippen LogP contribution in [0.4, 0.5) is 10.5 Å². The van der Waals surface area contributed by atoms with Crippen molar-refractivity contribution in [2.45, 2.75) is 6.92 Å². The third kappa shape index (κ3) is 5.95. The summed E-state index contributed by atoms with van der Waals surface area (Å²) in [6.07, 6.45) is 3.14. The maximum Gasteiger partial charge on any atom is 0.294 e. The quantitative estimate of drug-likeness (QED) is 0.410. The molecule has 0 unspecified atom stereocenters. The van der Waals surface area contributed by atoms with Crippen molar-refractivity contribution in [2.24, 2.45) is 0 Å². The lowest BCUT2D eigenvalue weighted by molar-refractivity contribution is -0.127. The molecule has 3 rings (SSSR count). The van der Waals surface area contributed by atoms with Crippen LogP contribution in [0.15, 0.2) is 60.0 Å². The predicted octanol–water partition coefficient (Wildman–Crippen LogP) is 4.33. The van der Waals surface area contributed by atoms with Crippen molar-refractivity contribution in [2.75, 3.05) is 32.2 Å². The monoisotopic (exact) mass is 468 g/mol. The summed E-state index contributed by atoms with van der Waals surface area (Å²) in [7, 11) is 1.51. The molecule has 0 saturated carbocycles. The summed E-state index contributed by atoms with van der Waals surface area (Å²) >= 11 is 0.764. The van der Waals surface area contributed by atoms with Crippen LogP contribution in [-0.2, 0) is 9.59 Å². The summed E-state index contributed by atoms with van der Waals surface area (Å²) in [5.41, 5.74) is 1.10. The number of benzene rings is 2. The molecule has 2 aromatic rings. The third-order valence-corrected chi connectivity index (χ3v) is 5.39. The second-order valence-electron chi connectivity index (χ2n) is 6.75. The van der Waals surface area contributed by atoms with Gasteiger partial charge in [0.1, 0.15) is 18.9 Å². The first-order chi connectivity index (χ1) is 16.0. The average molecular weight is 469 g/mol. The first kappa shape index (κ1) is 23.9. The van der Waals surface area contributed by atoms with Crippen molar-refractivity contribution < 1.29 is 28.6 Å². The molecule has 2 aromatic carbocycles. The van der Waals surface area contributed by atoms with E-state index >= 15 is 0 Å². The van der Waals surface area contributed by atoms with E-state index in [0.717, 1.165) is 16.7 Å².